The van der Waals surface area contributed by atoms with E-state index in [2.05, 4.69) is 0 Å². The molecule has 0 atom stereocenters. The van der Waals surface area contributed by atoms with Gasteiger partial charge in [-0.1, -0.05) is 12.1 Å². The van der Waals surface area contributed by atoms with Crippen molar-refractivity contribution in [2.75, 3.05) is 0 Å². The maximum atomic E-state index is 11.1. The van der Waals surface area contributed by atoms with Gasteiger partial charge in [-0.3, -0.25) is 0 Å². The zero-order chi connectivity index (χ0) is 14.7. The monoisotopic (exact) mass is 274 g/mol. The molecule has 0 aliphatic carbocycles. The van der Waals surface area contributed by atoms with Gasteiger partial charge in [0, 0.05) is 6.07 Å². The first-order chi connectivity index (χ1) is 9.47. The Bertz CT molecular complexity index is 631. The summed E-state index contributed by atoms with van der Waals surface area (Å²) in [6.45, 7) is 0. The summed E-state index contributed by atoms with van der Waals surface area (Å²) in [5, 5.41) is 37.3. The van der Waals surface area contributed by atoms with Crippen molar-refractivity contribution in [1.29, 1.82) is 0 Å². The van der Waals surface area contributed by atoms with Gasteiger partial charge in [0.1, 0.15) is 22.8 Å². The normalized spacial score (nSPS) is 10.4. The van der Waals surface area contributed by atoms with E-state index in [0.29, 0.717) is 18.4 Å². The van der Waals surface area contributed by atoms with Gasteiger partial charge in [0.15, 0.2) is 0 Å². The molecule has 2 aromatic rings. The summed E-state index contributed by atoms with van der Waals surface area (Å²) in [6.07, 6.45) is 0.887. The molecule has 20 heavy (non-hydrogen) atoms. The molecule has 0 amide bonds. The zero-order valence-corrected chi connectivity index (χ0v) is 10.6. The smallest absolute Gasteiger partial charge is 0.339 e. The topological polar surface area (TPSA) is 98.0 Å². The number of hydrogen-bond acceptors (Lipinski definition) is 4. The van der Waals surface area contributed by atoms with Crippen LogP contribution in [0.1, 0.15) is 21.5 Å². The van der Waals surface area contributed by atoms with Crippen LogP contribution < -0.4 is 0 Å². The minimum atomic E-state index is -1.23. The molecule has 0 spiro atoms. The molecule has 5 heteroatoms. The molecule has 0 bridgehead atoms. The summed E-state index contributed by atoms with van der Waals surface area (Å²) in [5.41, 5.74) is 1.09. The van der Waals surface area contributed by atoms with Crippen LogP contribution in [-0.4, -0.2) is 26.4 Å². The van der Waals surface area contributed by atoms with E-state index in [1.165, 1.54) is 6.07 Å². The Kier molecular flexibility index (Phi) is 3.79. The van der Waals surface area contributed by atoms with Crippen LogP contribution >= 0.6 is 0 Å². The maximum Gasteiger partial charge on any atom is 0.339 e. The van der Waals surface area contributed by atoms with Crippen molar-refractivity contribution in [3.8, 4) is 17.2 Å². The van der Waals surface area contributed by atoms with E-state index in [1.54, 1.807) is 24.3 Å². The molecule has 2 aromatic carbocycles. The molecule has 5 nitrogen and oxygen atoms in total. The van der Waals surface area contributed by atoms with Crippen molar-refractivity contribution in [2.24, 2.45) is 0 Å². The highest BCUT2D eigenvalue weighted by molar-refractivity contribution is 5.92. The Balaban J connectivity index is 2.24. The van der Waals surface area contributed by atoms with Crippen molar-refractivity contribution >= 4 is 5.97 Å². The lowest BCUT2D eigenvalue weighted by atomic mass is 9.98. The van der Waals surface area contributed by atoms with Crippen molar-refractivity contribution in [1.82, 2.24) is 0 Å². The van der Waals surface area contributed by atoms with E-state index >= 15 is 0 Å². The molecule has 104 valence electrons. The number of rotatable bonds is 4. The number of aryl methyl sites for hydroxylation is 2. The van der Waals surface area contributed by atoms with Gasteiger partial charge in [-0.05, 0) is 42.2 Å². The van der Waals surface area contributed by atoms with Gasteiger partial charge in [0.2, 0.25) is 0 Å². The van der Waals surface area contributed by atoms with Crippen molar-refractivity contribution in [2.45, 2.75) is 12.8 Å². The molecule has 0 aliphatic heterocycles. The number of carboxylic acid groups (broad SMARTS) is 1. The summed E-state index contributed by atoms with van der Waals surface area (Å²) < 4.78 is 0. The maximum absolute atomic E-state index is 11.1. The first-order valence-corrected chi connectivity index (χ1v) is 6.03. The lowest BCUT2D eigenvalue weighted by Crippen LogP contribution is -2.04. The van der Waals surface area contributed by atoms with Gasteiger partial charge >= 0.3 is 5.97 Å². The summed E-state index contributed by atoms with van der Waals surface area (Å²) in [5.74, 6) is -1.69. The summed E-state index contributed by atoms with van der Waals surface area (Å²) >= 11 is 0. The molecular weight excluding hydrogens is 260 g/mol. The zero-order valence-electron chi connectivity index (χ0n) is 10.6. The molecule has 4 N–H and O–H groups in total. The van der Waals surface area contributed by atoms with Crippen LogP contribution in [0.3, 0.4) is 0 Å². The number of hydrogen-bond donors (Lipinski definition) is 4. The fourth-order valence-corrected chi connectivity index (χ4v) is 2.05. The molecule has 2 rings (SSSR count). The molecule has 0 fully saturated rings. The van der Waals surface area contributed by atoms with Gasteiger partial charge < -0.3 is 20.4 Å². The lowest BCUT2D eigenvalue weighted by molar-refractivity contribution is 0.0692. The van der Waals surface area contributed by atoms with Gasteiger partial charge in [0.25, 0.3) is 0 Å². The van der Waals surface area contributed by atoms with E-state index in [4.69, 9.17) is 5.11 Å². The Morgan fingerprint density at radius 1 is 0.900 bits per heavy atom. The molecule has 0 saturated carbocycles. The van der Waals surface area contributed by atoms with Crippen molar-refractivity contribution < 1.29 is 25.2 Å². The third-order valence-corrected chi connectivity index (χ3v) is 3.02. The minimum absolute atomic E-state index is 0.162. The van der Waals surface area contributed by atoms with Crippen molar-refractivity contribution in [3.63, 3.8) is 0 Å². The molecule has 0 heterocycles. The predicted octanol–water partition coefficient (Wildman–Crippen LogP) is 2.29. The average molecular weight is 274 g/mol. The SMILES string of the molecule is O=C(O)c1c(O)cc(O)cc1CCc1ccc(O)cc1. The fraction of sp³-hybridized carbons (Fsp3) is 0.133. The van der Waals surface area contributed by atoms with Crippen LogP contribution in [0.4, 0.5) is 0 Å². The Hall–Kier alpha value is -2.69. The second-order valence-corrected chi connectivity index (χ2v) is 4.47. The average Bonchev–Trinajstić information content (AvgIpc) is 2.36. The summed E-state index contributed by atoms with van der Waals surface area (Å²) in [6, 6.07) is 8.91. The molecule has 0 unspecified atom stereocenters. The first kappa shape index (κ1) is 13.7. The second-order valence-electron chi connectivity index (χ2n) is 4.47. The van der Waals surface area contributed by atoms with E-state index in [-0.39, 0.29) is 17.1 Å². The van der Waals surface area contributed by atoms with E-state index in [0.717, 1.165) is 11.6 Å². The highest BCUT2D eigenvalue weighted by Gasteiger charge is 2.16. The number of carbonyl (C=O) groups is 1. The van der Waals surface area contributed by atoms with Crippen LogP contribution in [0, 0.1) is 0 Å². The second kappa shape index (κ2) is 5.52. The van der Waals surface area contributed by atoms with E-state index in [9.17, 15) is 20.1 Å². The molecule has 0 aliphatic rings. The van der Waals surface area contributed by atoms with Gasteiger partial charge in [0.05, 0.1) is 0 Å². The number of aromatic hydroxyl groups is 3. The van der Waals surface area contributed by atoms with E-state index < -0.39 is 11.7 Å². The van der Waals surface area contributed by atoms with Crippen LogP contribution in [0.5, 0.6) is 17.2 Å². The largest absolute Gasteiger partial charge is 0.508 e. The quantitative estimate of drug-likeness (QED) is 0.685. The fourth-order valence-electron chi connectivity index (χ4n) is 2.05. The number of carboxylic acids is 1. The Labute approximate surface area is 115 Å². The van der Waals surface area contributed by atoms with E-state index in [1.807, 2.05) is 0 Å². The van der Waals surface area contributed by atoms with Crippen molar-refractivity contribution in [3.05, 3.63) is 53.1 Å². The first-order valence-electron chi connectivity index (χ1n) is 6.03. The summed E-state index contributed by atoms with van der Waals surface area (Å²) in [4.78, 5) is 11.1. The molecule has 0 aromatic heterocycles. The number of phenols is 3. The van der Waals surface area contributed by atoms with Crippen LogP contribution in [-0.2, 0) is 12.8 Å². The van der Waals surface area contributed by atoms with Gasteiger partial charge in [-0.2, -0.15) is 0 Å². The number of benzene rings is 2. The number of phenolic OH excluding ortho intramolecular Hbond substituents is 2. The standard InChI is InChI=1S/C15H14O5/c16-11-5-2-9(3-6-11)1-4-10-7-12(17)8-13(18)14(10)15(19)20/h2-3,5-8,16-18H,1,4H2,(H,19,20). The summed E-state index contributed by atoms with van der Waals surface area (Å²) in [7, 11) is 0. The minimum Gasteiger partial charge on any atom is -0.508 e. The number of aromatic carboxylic acids is 1. The molecular formula is C15H14O5. The third kappa shape index (κ3) is 3.00. The van der Waals surface area contributed by atoms with Gasteiger partial charge in [-0.25, -0.2) is 4.79 Å². The highest BCUT2D eigenvalue weighted by Crippen LogP contribution is 2.28. The highest BCUT2D eigenvalue weighted by atomic mass is 16.4. The predicted molar refractivity (Wildman–Crippen MR) is 72.2 cm³/mol. The lowest BCUT2D eigenvalue weighted by Gasteiger charge is -2.09. The van der Waals surface area contributed by atoms with Crippen LogP contribution in [0.2, 0.25) is 0 Å². The Morgan fingerprint density at radius 3 is 2.15 bits per heavy atom. The van der Waals surface area contributed by atoms with Crippen LogP contribution in [0.15, 0.2) is 36.4 Å². The third-order valence-electron chi connectivity index (χ3n) is 3.02. The molecule has 0 saturated heterocycles. The Morgan fingerprint density at radius 2 is 1.55 bits per heavy atom. The van der Waals surface area contributed by atoms with Gasteiger partial charge in [-0.15, -0.1) is 0 Å². The van der Waals surface area contributed by atoms with Crippen LogP contribution in [0.25, 0.3) is 0 Å². The molecule has 0 radical (unpaired) electrons.